The van der Waals surface area contributed by atoms with Gasteiger partial charge in [0.15, 0.2) is 5.69 Å². The van der Waals surface area contributed by atoms with Gasteiger partial charge in [-0.15, -0.1) is 0 Å². The number of nitrogens with zero attached hydrogens (tertiary/aromatic N) is 4. The van der Waals surface area contributed by atoms with Crippen molar-refractivity contribution in [3.63, 3.8) is 0 Å². The molecule has 36 heavy (non-hydrogen) atoms. The second kappa shape index (κ2) is 8.51. The first-order valence-electron chi connectivity index (χ1n) is 11.3. The molecule has 2 aromatic carbocycles. The molecule has 2 aliphatic heterocycles. The van der Waals surface area contributed by atoms with E-state index >= 15 is 0 Å². The first-order valence-corrected chi connectivity index (χ1v) is 11.3. The number of carbonyl (C=O) groups excluding carboxylic acids is 3. The van der Waals surface area contributed by atoms with Crippen LogP contribution in [-0.2, 0) is 22.3 Å². The van der Waals surface area contributed by atoms with Crippen molar-refractivity contribution in [3.8, 4) is 5.69 Å². The molecule has 1 unspecified atom stereocenters. The second-order valence-electron chi connectivity index (χ2n) is 8.94. The van der Waals surface area contributed by atoms with Crippen LogP contribution in [0.5, 0.6) is 0 Å². The number of benzene rings is 2. The quantitative estimate of drug-likeness (QED) is 0.585. The average Bonchev–Trinajstić information content (AvgIpc) is 3.47. The maximum Gasteiger partial charge on any atom is 0.435 e. The van der Waals surface area contributed by atoms with Crippen LogP contribution in [0.3, 0.4) is 0 Å². The van der Waals surface area contributed by atoms with E-state index in [1.165, 1.54) is 11.1 Å². The van der Waals surface area contributed by atoms with Gasteiger partial charge in [0, 0.05) is 19.2 Å². The fraction of sp³-hybridized carbons (Fsp3) is 0.280. The number of anilines is 1. The van der Waals surface area contributed by atoms with Gasteiger partial charge < -0.3 is 10.2 Å². The molecule has 1 atom stereocenters. The summed E-state index contributed by atoms with van der Waals surface area (Å²) < 4.78 is 39.5. The monoisotopic (exact) mass is 497 g/mol. The molecule has 0 spiro atoms. The lowest BCUT2D eigenvalue weighted by Crippen LogP contribution is -2.63. The first kappa shape index (κ1) is 23.6. The Bertz CT molecular complexity index is 1350. The summed E-state index contributed by atoms with van der Waals surface area (Å²) in [4.78, 5) is 41.7. The van der Waals surface area contributed by atoms with Crippen LogP contribution in [0.1, 0.15) is 41.4 Å². The maximum absolute atomic E-state index is 13.2. The lowest BCUT2D eigenvalue weighted by molar-refractivity contribution is -0.141. The molecule has 3 amide bonds. The Morgan fingerprint density at radius 1 is 1.08 bits per heavy atom. The molecule has 2 aliphatic rings. The zero-order valence-corrected chi connectivity index (χ0v) is 19.2. The van der Waals surface area contributed by atoms with E-state index < -0.39 is 23.4 Å². The number of carbonyl (C=O) groups is 3. The molecular formula is C25H22F3N5O3. The highest BCUT2D eigenvalue weighted by atomic mass is 19.4. The minimum atomic E-state index is -4.52. The molecule has 0 bridgehead atoms. The molecule has 8 nitrogen and oxygen atoms in total. The minimum absolute atomic E-state index is 0.0949. The molecule has 11 heteroatoms. The van der Waals surface area contributed by atoms with Crippen molar-refractivity contribution in [2.24, 2.45) is 0 Å². The van der Waals surface area contributed by atoms with Gasteiger partial charge in [0.2, 0.25) is 11.8 Å². The van der Waals surface area contributed by atoms with E-state index in [0.717, 1.165) is 16.3 Å². The topological polar surface area (TPSA) is 87.5 Å². The Morgan fingerprint density at radius 2 is 1.81 bits per heavy atom. The molecule has 186 valence electrons. The van der Waals surface area contributed by atoms with Gasteiger partial charge in [-0.25, -0.2) is 4.68 Å². The SMILES string of the molecule is CC12CCC(=O)N1c1ccccc1C(=O)N2CC(=O)NCc1ccc(-n2ccc(C(F)(F)F)n2)cc1. The molecule has 5 rings (SSSR count). The third kappa shape index (κ3) is 4.00. The van der Waals surface area contributed by atoms with Crippen molar-refractivity contribution in [1.82, 2.24) is 20.0 Å². The van der Waals surface area contributed by atoms with Gasteiger partial charge in [0.25, 0.3) is 5.91 Å². The van der Waals surface area contributed by atoms with E-state index in [1.807, 2.05) is 0 Å². The Kier molecular flexibility index (Phi) is 5.57. The standard InChI is InChI=1S/C25H22F3N5O3/c1-24-12-10-22(35)33(24)19-5-3-2-4-18(19)23(36)31(24)15-21(34)29-14-16-6-8-17(9-7-16)32-13-11-20(30-32)25(26,27)28/h2-9,11,13H,10,12,14-15H2,1H3,(H,29,34). The zero-order valence-electron chi connectivity index (χ0n) is 19.2. The number of hydrogen-bond donors (Lipinski definition) is 1. The highest BCUT2D eigenvalue weighted by Gasteiger charge is 2.53. The summed E-state index contributed by atoms with van der Waals surface area (Å²) in [5, 5.41) is 6.31. The third-order valence-corrected chi connectivity index (χ3v) is 6.62. The molecule has 1 N–H and O–H groups in total. The van der Waals surface area contributed by atoms with Crippen molar-refractivity contribution in [2.45, 2.75) is 38.1 Å². The number of rotatable bonds is 5. The van der Waals surface area contributed by atoms with Crippen LogP contribution < -0.4 is 10.2 Å². The molecule has 0 saturated carbocycles. The zero-order chi connectivity index (χ0) is 25.7. The summed E-state index contributed by atoms with van der Waals surface area (Å²) in [7, 11) is 0. The van der Waals surface area contributed by atoms with E-state index in [1.54, 1.807) is 60.4 Å². The van der Waals surface area contributed by atoms with Crippen molar-refractivity contribution >= 4 is 23.4 Å². The summed E-state index contributed by atoms with van der Waals surface area (Å²) in [6.45, 7) is 1.72. The molecule has 3 aromatic rings. The predicted octanol–water partition coefficient (Wildman–Crippen LogP) is 3.51. The molecular weight excluding hydrogens is 475 g/mol. The predicted molar refractivity (Wildman–Crippen MR) is 123 cm³/mol. The Morgan fingerprint density at radius 3 is 2.50 bits per heavy atom. The van der Waals surface area contributed by atoms with Crippen LogP contribution in [0.2, 0.25) is 0 Å². The molecule has 1 saturated heterocycles. The summed E-state index contributed by atoms with van der Waals surface area (Å²) >= 11 is 0. The summed E-state index contributed by atoms with van der Waals surface area (Å²) in [5.74, 6) is -0.798. The fourth-order valence-electron chi connectivity index (χ4n) is 4.73. The minimum Gasteiger partial charge on any atom is -0.350 e. The molecule has 1 aromatic heterocycles. The van der Waals surface area contributed by atoms with Crippen LogP contribution in [-0.4, -0.2) is 44.6 Å². The van der Waals surface area contributed by atoms with Crippen LogP contribution in [0.15, 0.2) is 60.8 Å². The number of fused-ring (bicyclic) bond motifs is 3. The smallest absolute Gasteiger partial charge is 0.350 e. The number of aromatic nitrogens is 2. The van der Waals surface area contributed by atoms with Gasteiger partial charge in [-0.05, 0) is 49.2 Å². The first-order chi connectivity index (χ1) is 17.1. The second-order valence-corrected chi connectivity index (χ2v) is 8.94. The van der Waals surface area contributed by atoms with E-state index in [9.17, 15) is 27.6 Å². The summed E-state index contributed by atoms with van der Waals surface area (Å²) in [5.41, 5.74) is 0.182. The largest absolute Gasteiger partial charge is 0.435 e. The molecule has 0 aliphatic carbocycles. The highest BCUT2D eigenvalue weighted by Crippen LogP contribution is 2.43. The number of amides is 3. The van der Waals surface area contributed by atoms with E-state index in [0.29, 0.717) is 23.4 Å². The Balaban J connectivity index is 1.26. The van der Waals surface area contributed by atoms with Crippen LogP contribution in [0, 0.1) is 0 Å². The Hall–Kier alpha value is -4.15. The maximum atomic E-state index is 13.2. The van der Waals surface area contributed by atoms with E-state index in [-0.39, 0.29) is 31.3 Å². The van der Waals surface area contributed by atoms with Crippen LogP contribution >= 0.6 is 0 Å². The van der Waals surface area contributed by atoms with Gasteiger partial charge in [0.05, 0.1) is 16.9 Å². The van der Waals surface area contributed by atoms with Crippen molar-refractivity contribution in [1.29, 1.82) is 0 Å². The summed E-state index contributed by atoms with van der Waals surface area (Å²) in [6.07, 6.45) is -2.59. The number of para-hydroxylation sites is 1. The number of nitrogens with one attached hydrogen (secondary N) is 1. The van der Waals surface area contributed by atoms with Gasteiger partial charge in [-0.1, -0.05) is 24.3 Å². The van der Waals surface area contributed by atoms with Crippen molar-refractivity contribution < 1.29 is 27.6 Å². The highest BCUT2D eigenvalue weighted by molar-refractivity contribution is 6.11. The lowest BCUT2D eigenvalue weighted by atomic mass is 9.98. The fourth-order valence-corrected chi connectivity index (χ4v) is 4.73. The molecule has 3 heterocycles. The van der Waals surface area contributed by atoms with Crippen molar-refractivity contribution in [2.75, 3.05) is 11.4 Å². The number of alkyl halides is 3. The average molecular weight is 497 g/mol. The Labute approximate surface area is 204 Å². The van der Waals surface area contributed by atoms with Gasteiger partial charge in [0.1, 0.15) is 12.2 Å². The van der Waals surface area contributed by atoms with Crippen LogP contribution in [0.25, 0.3) is 5.69 Å². The normalized spacial score (nSPS) is 19.3. The molecule has 1 fully saturated rings. The van der Waals surface area contributed by atoms with Gasteiger partial charge >= 0.3 is 6.18 Å². The van der Waals surface area contributed by atoms with Crippen LogP contribution in [0.4, 0.5) is 18.9 Å². The van der Waals surface area contributed by atoms with Gasteiger partial charge in [-0.3, -0.25) is 19.3 Å². The van der Waals surface area contributed by atoms with E-state index in [4.69, 9.17) is 0 Å². The van der Waals surface area contributed by atoms with Gasteiger partial charge in [-0.2, -0.15) is 18.3 Å². The number of hydrogen-bond acceptors (Lipinski definition) is 4. The third-order valence-electron chi connectivity index (χ3n) is 6.62. The summed E-state index contributed by atoms with van der Waals surface area (Å²) in [6, 6.07) is 14.3. The van der Waals surface area contributed by atoms with E-state index in [2.05, 4.69) is 10.4 Å². The lowest BCUT2D eigenvalue weighted by Gasteiger charge is -2.48. The van der Waals surface area contributed by atoms with Crippen molar-refractivity contribution in [3.05, 3.63) is 77.6 Å². The number of halogens is 3. The molecule has 0 radical (unpaired) electrons.